The lowest BCUT2D eigenvalue weighted by atomic mass is 11.9. The van der Waals surface area contributed by atoms with Gasteiger partial charge in [-0.1, -0.05) is 0 Å². The van der Waals surface area contributed by atoms with Crippen LogP contribution in [0.25, 0.3) is 0 Å². The molecule has 0 aromatic heterocycles. The standard InChI is InChI=1S/C6H23N3Si4/c1-11(2)7-12(3,4)9(10)13(5,6)8-11/h7-8H,1-6,10H3. The Morgan fingerprint density at radius 3 is 1.46 bits per heavy atom. The predicted molar refractivity (Wildman–Crippen MR) is 70.5 cm³/mol. The zero-order valence-electron chi connectivity index (χ0n) is 9.95. The van der Waals surface area contributed by atoms with Crippen molar-refractivity contribution >= 4 is 35.6 Å². The molecule has 1 rings (SSSR count). The van der Waals surface area contributed by atoms with Crippen LogP contribution in [0.15, 0.2) is 0 Å². The van der Waals surface area contributed by atoms with E-state index in [2.05, 4.69) is 52.5 Å². The minimum Gasteiger partial charge on any atom is -0.353 e. The van der Waals surface area contributed by atoms with Crippen LogP contribution < -0.4 is 9.30 Å². The van der Waals surface area contributed by atoms with Gasteiger partial charge in [0.2, 0.25) is 0 Å². The fourth-order valence-electron chi connectivity index (χ4n) is 2.43. The van der Waals surface area contributed by atoms with Crippen molar-refractivity contribution in [3.05, 3.63) is 0 Å². The van der Waals surface area contributed by atoms with E-state index in [1.165, 1.54) is 10.4 Å². The van der Waals surface area contributed by atoms with Crippen LogP contribution in [0.4, 0.5) is 0 Å². The van der Waals surface area contributed by atoms with Crippen LogP contribution in [-0.2, 0) is 0 Å². The third kappa shape index (κ3) is 2.40. The van der Waals surface area contributed by atoms with Crippen LogP contribution >= 0.6 is 0 Å². The van der Waals surface area contributed by atoms with Gasteiger partial charge in [-0.25, -0.2) is 0 Å². The molecule has 1 aliphatic heterocycles. The maximum Gasteiger partial charge on any atom is 0.183 e. The lowest BCUT2D eigenvalue weighted by molar-refractivity contribution is 0.855. The molecule has 0 radical (unpaired) electrons. The second-order valence-electron chi connectivity index (χ2n) is 5.55. The first-order valence-electron chi connectivity index (χ1n) is 4.89. The molecule has 7 heteroatoms. The van der Waals surface area contributed by atoms with Gasteiger partial charge in [0.1, 0.15) is 0 Å². The molecule has 1 heterocycles. The number of hydrogen-bond donors (Lipinski definition) is 2. The predicted octanol–water partition coefficient (Wildman–Crippen LogP) is -0.133. The third-order valence-electron chi connectivity index (χ3n) is 2.91. The van der Waals surface area contributed by atoms with Crippen molar-refractivity contribution in [2.24, 2.45) is 0 Å². The Labute approximate surface area is 88.3 Å². The SMILES string of the molecule is C[Si]1(C)N[Si](C)(C)N([SiH3])[Si](C)(C)N1. The van der Waals surface area contributed by atoms with Crippen molar-refractivity contribution in [2.75, 3.05) is 0 Å². The van der Waals surface area contributed by atoms with Crippen molar-refractivity contribution < 1.29 is 0 Å². The fourth-order valence-corrected chi connectivity index (χ4v) is 25.4. The van der Waals surface area contributed by atoms with Gasteiger partial charge in [-0.05, 0) is 39.3 Å². The summed E-state index contributed by atoms with van der Waals surface area (Å²) in [7, 11) is -2.62. The highest BCUT2D eigenvalue weighted by atomic mass is 28.5. The lowest BCUT2D eigenvalue weighted by Crippen LogP contribution is -2.87. The molecule has 78 valence electrons. The molecule has 1 saturated heterocycles. The fraction of sp³-hybridized carbons (Fsp3) is 1.00. The second-order valence-corrected chi connectivity index (χ2v) is 21.5. The monoisotopic (exact) mass is 249 g/mol. The van der Waals surface area contributed by atoms with Crippen LogP contribution in [0.3, 0.4) is 0 Å². The Bertz CT molecular complexity index is 196. The maximum absolute atomic E-state index is 3.90. The summed E-state index contributed by atoms with van der Waals surface area (Å²) < 4.78 is 10.6. The van der Waals surface area contributed by atoms with Crippen molar-refractivity contribution in [1.29, 1.82) is 0 Å². The van der Waals surface area contributed by atoms with Crippen LogP contribution in [0, 0.1) is 0 Å². The Morgan fingerprint density at radius 2 is 1.15 bits per heavy atom. The van der Waals surface area contributed by atoms with E-state index < -0.39 is 25.2 Å². The number of nitrogens with one attached hydrogen (secondary N) is 2. The summed E-state index contributed by atoms with van der Waals surface area (Å²) in [6, 6.07) is 0. The zero-order valence-corrected chi connectivity index (χ0v) is 14.9. The summed E-state index contributed by atoms with van der Waals surface area (Å²) in [4.78, 5) is 0. The molecule has 2 N–H and O–H groups in total. The lowest BCUT2D eigenvalue weighted by Gasteiger charge is -2.55. The van der Waals surface area contributed by atoms with Gasteiger partial charge < -0.3 is 13.2 Å². The van der Waals surface area contributed by atoms with E-state index in [0.717, 1.165) is 0 Å². The molecule has 0 aliphatic carbocycles. The first-order valence-corrected chi connectivity index (χ1v) is 14.7. The van der Waals surface area contributed by atoms with Gasteiger partial charge in [-0.3, -0.25) is 0 Å². The van der Waals surface area contributed by atoms with Crippen molar-refractivity contribution in [3.63, 3.8) is 0 Å². The third-order valence-corrected chi connectivity index (χ3v) is 26.2. The molecular formula is C6H23N3Si4. The number of nitrogens with zero attached hydrogens (tertiary/aromatic N) is 1. The number of rotatable bonds is 0. The molecule has 13 heavy (non-hydrogen) atoms. The van der Waals surface area contributed by atoms with Crippen molar-refractivity contribution in [1.82, 2.24) is 13.2 Å². The van der Waals surface area contributed by atoms with E-state index in [1.807, 2.05) is 0 Å². The smallest absolute Gasteiger partial charge is 0.183 e. The van der Waals surface area contributed by atoms with Gasteiger partial charge in [0.15, 0.2) is 25.2 Å². The van der Waals surface area contributed by atoms with Gasteiger partial charge in [-0.15, -0.1) is 0 Å². The molecule has 1 aliphatic rings. The highest BCUT2D eigenvalue weighted by Gasteiger charge is 2.48. The van der Waals surface area contributed by atoms with Gasteiger partial charge >= 0.3 is 0 Å². The Kier molecular flexibility index (Phi) is 2.84. The first kappa shape index (κ1) is 11.8. The normalized spacial score (nSPS) is 31.8. The second kappa shape index (κ2) is 3.12. The van der Waals surface area contributed by atoms with Gasteiger partial charge in [0, 0.05) is 0 Å². The first-order chi connectivity index (χ1) is 5.57. The largest absolute Gasteiger partial charge is 0.353 e. The minimum atomic E-state index is -1.30. The topological polar surface area (TPSA) is 27.3 Å². The molecule has 0 aromatic carbocycles. The zero-order chi connectivity index (χ0) is 10.5. The average Bonchev–Trinajstić information content (AvgIpc) is 1.77. The molecule has 1 fully saturated rings. The minimum absolute atomic E-state index is 1.20. The summed E-state index contributed by atoms with van der Waals surface area (Å²) in [5.74, 6) is 0. The molecule has 0 bridgehead atoms. The average molecular weight is 250 g/mol. The molecule has 3 nitrogen and oxygen atoms in total. The summed E-state index contributed by atoms with van der Waals surface area (Å²) in [5, 5.41) is 0. The summed E-state index contributed by atoms with van der Waals surface area (Å²) in [5.41, 5.74) is 0. The van der Waals surface area contributed by atoms with E-state index in [-0.39, 0.29) is 0 Å². The van der Waals surface area contributed by atoms with E-state index in [4.69, 9.17) is 0 Å². The van der Waals surface area contributed by atoms with Gasteiger partial charge in [0.05, 0.1) is 10.4 Å². The highest BCUT2D eigenvalue weighted by Crippen LogP contribution is 2.20. The molecule has 0 amide bonds. The van der Waals surface area contributed by atoms with Gasteiger partial charge in [-0.2, -0.15) is 0 Å². The van der Waals surface area contributed by atoms with Crippen molar-refractivity contribution in [2.45, 2.75) is 39.3 Å². The maximum atomic E-state index is 3.90. The Morgan fingerprint density at radius 1 is 0.846 bits per heavy atom. The van der Waals surface area contributed by atoms with Crippen LogP contribution in [0.5, 0.6) is 0 Å². The molecular weight excluding hydrogens is 226 g/mol. The molecule has 0 spiro atoms. The van der Waals surface area contributed by atoms with E-state index in [1.54, 1.807) is 0 Å². The Hall–Kier alpha value is 0.748. The number of hydrogen-bond acceptors (Lipinski definition) is 3. The van der Waals surface area contributed by atoms with E-state index in [0.29, 0.717) is 0 Å². The molecule has 0 unspecified atom stereocenters. The highest BCUT2D eigenvalue weighted by molar-refractivity contribution is 7.06. The van der Waals surface area contributed by atoms with E-state index >= 15 is 0 Å². The summed E-state index contributed by atoms with van der Waals surface area (Å²) >= 11 is 0. The van der Waals surface area contributed by atoms with Gasteiger partial charge in [0.25, 0.3) is 0 Å². The Balaban J connectivity index is 2.96. The summed E-state index contributed by atoms with van der Waals surface area (Å²) in [6.45, 7) is 14.6. The molecule has 0 saturated carbocycles. The molecule has 0 atom stereocenters. The summed E-state index contributed by atoms with van der Waals surface area (Å²) in [6.07, 6.45) is 0. The van der Waals surface area contributed by atoms with Crippen LogP contribution in [0.2, 0.25) is 39.3 Å². The molecule has 0 aromatic rings. The van der Waals surface area contributed by atoms with Crippen LogP contribution in [0.1, 0.15) is 0 Å². The van der Waals surface area contributed by atoms with Crippen molar-refractivity contribution in [3.8, 4) is 0 Å². The van der Waals surface area contributed by atoms with Crippen LogP contribution in [-0.4, -0.2) is 39.5 Å². The van der Waals surface area contributed by atoms with E-state index in [9.17, 15) is 0 Å². The quantitative estimate of drug-likeness (QED) is 0.586.